The van der Waals surface area contributed by atoms with Gasteiger partial charge in [0.25, 0.3) is 0 Å². The van der Waals surface area contributed by atoms with Gasteiger partial charge in [-0.05, 0) is 30.4 Å². The first-order chi connectivity index (χ1) is 7.16. The van der Waals surface area contributed by atoms with E-state index in [1.165, 1.54) is 6.07 Å². The molecule has 1 nitrogen and oxygen atoms in total. The molecule has 0 bridgehead atoms. The molecule has 2 atom stereocenters. The van der Waals surface area contributed by atoms with Crippen LogP contribution in [0.5, 0.6) is 0 Å². The van der Waals surface area contributed by atoms with Crippen LogP contribution in [0, 0.1) is 5.82 Å². The van der Waals surface area contributed by atoms with Crippen LogP contribution in [0.15, 0.2) is 22.7 Å². The van der Waals surface area contributed by atoms with Gasteiger partial charge in [-0.25, -0.2) is 4.39 Å². The zero-order valence-corrected chi connectivity index (χ0v) is 10.9. The monoisotopic (exact) mass is 289 g/mol. The van der Waals surface area contributed by atoms with E-state index in [0.717, 1.165) is 16.6 Å². The smallest absolute Gasteiger partial charge is 0.146 e. The van der Waals surface area contributed by atoms with Crippen molar-refractivity contribution < 1.29 is 4.39 Å². The Labute approximate surface area is 102 Å². The lowest BCUT2D eigenvalue weighted by atomic mass is 10.1. The molecule has 1 aromatic carbocycles. The van der Waals surface area contributed by atoms with Crippen molar-refractivity contribution >= 4 is 33.4 Å². The normalized spacial score (nSPS) is 25.5. The van der Waals surface area contributed by atoms with Crippen LogP contribution in [0.25, 0.3) is 0 Å². The van der Waals surface area contributed by atoms with E-state index in [0.29, 0.717) is 17.0 Å². The zero-order chi connectivity index (χ0) is 10.8. The maximum Gasteiger partial charge on any atom is 0.146 e. The lowest BCUT2D eigenvalue weighted by Crippen LogP contribution is -2.25. The standard InChI is InChI=1S/C11H13BrFNS/c1-7-10(4-5-15-7)14-11-6-8(12)2-3-9(11)13/h2-3,6-7,10,14H,4-5H2,1H3. The van der Waals surface area contributed by atoms with Gasteiger partial charge >= 0.3 is 0 Å². The number of thioether (sulfide) groups is 1. The quantitative estimate of drug-likeness (QED) is 0.886. The number of halogens is 2. The largest absolute Gasteiger partial charge is 0.379 e. The van der Waals surface area contributed by atoms with Crippen molar-refractivity contribution in [1.82, 2.24) is 0 Å². The highest BCUT2D eigenvalue weighted by Crippen LogP contribution is 2.30. The molecule has 0 saturated carbocycles. The van der Waals surface area contributed by atoms with E-state index in [2.05, 4.69) is 28.2 Å². The van der Waals surface area contributed by atoms with E-state index in [4.69, 9.17) is 0 Å². The molecule has 1 aliphatic heterocycles. The van der Waals surface area contributed by atoms with Crippen LogP contribution in [-0.2, 0) is 0 Å². The number of benzene rings is 1. The van der Waals surface area contributed by atoms with Crippen molar-refractivity contribution in [2.75, 3.05) is 11.1 Å². The summed E-state index contributed by atoms with van der Waals surface area (Å²) in [5.41, 5.74) is 0.601. The molecule has 82 valence electrons. The molecule has 1 N–H and O–H groups in total. The Morgan fingerprint density at radius 2 is 2.33 bits per heavy atom. The summed E-state index contributed by atoms with van der Waals surface area (Å²) >= 11 is 5.29. The second kappa shape index (κ2) is 4.74. The maximum atomic E-state index is 13.5. The van der Waals surface area contributed by atoms with Gasteiger partial charge in [-0.2, -0.15) is 11.8 Å². The summed E-state index contributed by atoms with van der Waals surface area (Å²) in [6.45, 7) is 2.19. The molecule has 1 aliphatic rings. The van der Waals surface area contributed by atoms with Crippen LogP contribution in [0.4, 0.5) is 10.1 Å². The Balaban J connectivity index is 2.12. The molecule has 0 spiro atoms. The summed E-state index contributed by atoms with van der Waals surface area (Å²) < 4.78 is 14.4. The first-order valence-electron chi connectivity index (χ1n) is 5.00. The van der Waals surface area contributed by atoms with E-state index in [9.17, 15) is 4.39 Å². The molecule has 4 heteroatoms. The predicted molar refractivity (Wildman–Crippen MR) is 68.0 cm³/mol. The van der Waals surface area contributed by atoms with E-state index < -0.39 is 0 Å². The minimum Gasteiger partial charge on any atom is -0.379 e. The fraction of sp³-hybridized carbons (Fsp3) is 0.455. The number of hydrogen-bond donors (Lipinski definition) is 1. The van der Waals surface area contributed by atoms with Gasteiger partial charge < -0.3 is 5.32 Å². The van der Waals surface area contributed by atoms with Crippen LogP contribution in [0.2, 0.25) is 0 Å². The summed E-state index contributed by atoms with van der Waals surface area (Å²) in [6.07, 6.45) is 1.11. The Bertz CT molecular complexity index is 358. The molecule has 0 amide bonds. The molecule has 0 aliphatic carbocycles. The fourth-order valence-electron chi connectivity index (χ4n) is 1.73. The number of rotatable bonds is 2. The molecule has 1 aromatic rings. The number of hydrogen-bond acceptors (Lipinski definition) is 2. The molecule has 0 radical (unpaired) electrons. The van der Waals surface area contributed by atoms with E-state index >= 15 is 0 Å². The number of nitrogens with one attached hydrogen (secondary N) is 1. The second-order valence-electron chi connectivity index (χ2n) is 3.74. The first-order valence-corrected chi connectivity index (χ1v) is 6.84. The van der Waals surface area contributed by atoms with Crippen LogP contribution in [0.1, 0.15) is 13.3 Å². The summed E-state index contributed by atoms with van der Waals surface area (Å²) in [7, 11) is 0. The molecule has 1 heterocycles. The topological polar surface area (TPSA) is 12.0 Å². The number of anilines is 1. The van der Waals surface area contributed by atoms with Crippen LogP contribution in [-0.4, -0.2) is 17.0 Å². The minimum atomic E-state index is -0.178. The van der Waals surface area contributed by atoms with Crippen molar-refractivity contribution in [1.29, 1.82) is 0 Å². The molecular weight excluding hydrogens is 277 g/mol. The highest BCUT2D eigenvalue weighted by Gasteiger charge is 2.24. The third-order valence-electron chi connectivity index (χ3n) is 2.65. The Hall–Kier alpha value is -0.220. The first kappa shape index (κ1) is 11.3. The van der Waals surface area contributed by atoms with Crippen LogP contribution < -0.4 is 5.32 Å². The lowest BCUT2D eigenvalue weighted by Gasteiger charge is -2.18. The molecule has 1 fully saturated rings. The molecule has 1 saturated heterocycles. The van der Waals surface area contributed by atoms with Crippen molar-refractivity contribution in [2.45, 2.75) is 24.6 Å². The van der Waals surface area contributed by atoms with Gasteiger partial charge in [0.2, 0.25) is 0 Å². The van der Waals surface area contributed by atoms with Gasteiger partial charge in [0.15, 0.2) is 0 Å². The zero-order valence-electron chi connectivity index (χ0n) is 8.47. The van der Waals surface area contributed by atoms with E-state index in [1.807, 2.05) is 11.8 Å². The molecule has 0 aromatic heterocycles. The van der Waals surface area contributed by atoms with Gasteiger partial charge in [-0.15, -0.1) is 0 Å². The summed E-state index contributed by atoms with van der Waals surface area (Å²) in [4.78, 5) is 0. The predicted octanol–water partition coefficient (Wildman–Crippen LogP) is 3.89. The summed E-state index contributed by atoms with van der Waals surface area (Å²) in [5.74, 6) is 0.983. The van der Waals surface area contributed by atoms with Gasteiger partial charge in [0.05, 0.1) is 5.69 Å². The third-order valence-corrected chi connectivity index (χ3v) is 4.46. The van der Waals surface area contributed by atoms with Gasteiger partial charge in [0.1, 0.15) is 5.82 Å². The molecule has 2 rings (SSSR count). The molecule has 15 heavy (non-hydrogen) atoms. The van der Waals surface area contributed by atoms with Crippen molar-refractivity contribution in [3.05, 3.63) is 28.5 Å². The van der Waals surface area contributed by atoms with Crippen LogP contribution >= 0.6 is 27.7 Å². The highest BCUT2D eigenvalue weighted by atomic mass is 79.9. The average molecular weight is 290 g/mol. The second-order valence-corrected chi connectivity index (χ2v) is 6.14. The van der Waals surface area contributed by atoms with E-state index in [1.54, 1.807) is 12.1 Å². The fourth-order valence-corrected chi connectivity index (χ4v) is 3.29. The van der Waals surface area contributed by atoms with Gasteiger partial charge in [-0.1, -0.05) is 22.9 Å². The minimum absolute atomic E-state index is 0.178. The SMILES string of the molecule is CC1SCCC1Nc1cc(Br)ccc1F. The van der Waals surface area contributed by atoms with E-state index in [-0.39, 0.29) is 5.82 Å². The molecular formula is C11H13BrFNS. The van der Waals surface area contributed by atoms with Crippen molar-refractivity contribution in [2.24, 2.45) is 0 Å². The van der Waals surface area contributed by atoms with Crippen LogP contribution in [0.3, 0.4) is 0 Å². The van der Waals surface area contributed by atoms with Crippen molar-refractivity contribution in [3.63, 3.8) is 0 Å². The Morgan fingerprint density at radius 1 is 1.53 bits per heavy atom. The third kappa shape index (κ3) is 2.67. The molecule has 2 unspecified atom stereocenters. The highest BCUT2D eigenvalue weighted by molar-refractivity contribution is 9.10. The Kier molecular flexibility index (Phi) is 3.57. The van der Waals surface area contributed by atoms with Gasteiger partial charge in [0, 0.05) is 15.8 Å². The lowest BCUT2D eigenvalue weighted by molar-refractivity contribution is 0.622. The van der Waals surface area contributed by atoms with Crippen molar-refractivity contribution in [3.8, 4) is 0 Å². The summed E-state index contributed by atoms with van der Waals surface area (Å²) in [5, 5.41) is 3.83. The maximum absolute atomic E-state index is 13.5. The van der Waals surface area contributed by atoms with Gasteiger partial charge in [-0.3, -0.25) is 0 Å². The summed E-state index contributed by atoms with van der Waals surface area (Å²) in [6, 6.07) is 5.39. The Morgan fingerprint density at radius 3 is 3.00 bits per heavy atom. The average Bonchev–Trinajstić information content (AvgIpc) is 2.58.